The van der Waals surface area contributed by atoms with Gasteiger partial charge in [0.05, 0.1) is 12.0 Å². The number of H-pyrrole nitrogens is 1. The van der Waals surface area contributed by atoms with Gasteiger partial charge >= 0.3 is 0 Å². The average molecular weight is 241 g/mol. The number of hydrogen-bond acceptors (Lipinski definition) is 1. The molecule has 1 N–H and O–H groups in total. The Morgan fingerprint density at radius 2 is 1.87 bits per heavy atom. The van der Waals surface area contributed by atoms with E-state index in [4.69, 9.17) is 23.2 Å². The first kappa shape index (κ1) is 10.5. The zero-order valence-electron chi connectivity index (χ0n) is 8.00. The topological polar surface area (TPSA) is 28.7 Å². The van der Waals surface area contributed by atoms with E-state index < -0.39 is 0 Å². The van der Waals surface area contributed by atoms with Crippen molar-refractivity contribution in [2.75, 3.05) is 0 Å². The van der Waals surface area contributed by atoms with Crippen LogP contribution in [0.25, 0.3) is 0 Å². The predicted molar refractivity (Wildman–Crippen MR) is 62.5 cm³/mol. The Hall–Kier alpha value is -0.990. The van der Waals surface area contributed by atoms with Gasteiger partial charge in [0.2, 0.25) is 0 Å². The Labute approximate surface area is 98.3 Å². The van der Waals surface area contributed by atoms with Gasteiger partial charge in [0.15, 0.2) is 0 Å². The van der Waals surface area contributed by atoms with E-state index in [-0.39, 0.29) is 0 Å². The van der Waals surface area contributed by atoms with E-state index in [9.17, 15) is 0 Å². The average Bonchev–Trinajstić information content (AvgIpc) is 2.70. The van der Waals surface area contributed by atoms with Gasteiger partial charge in [-0.1, -0.05) is 29.3 Å². The van der Waals surface area contributed by atoms with Crippen molar-refractivity contribution in [1.29, 1.82) is 0 Å². The second kappa shape index (κ2) is 4.69. The van der Waals surface area contributed by atoms with Crippen LogP contribution in [0, 0.1) is 0 Å². The Balaban J connectivity index is 2.11. The summed E-state index contributed by atoms with van der Waals surface area (Å²) in [7, 11) is 0. The fourth-order valence-corrected chi connectivity index (χ4v) is 2.04. The van der Waals surface area contributed by atoms with Gasteiger partial charge in [0.25, 0.3) is 0 Å². The highest BCUT2D eigenvalue weighted by molar-refractivity contribution is 6.35. The summed E-state index contributed by atoms with van der Waals surface area (Å²) >= 11 is 12.1. The number of benzene rings is 1. The smallest absolute Gasteiger partial charge is 0.0923 e. The molecule has 0 unspecified atom stereocenters. The van der Waals surface area contributed by atoms with Crippen molar-refractivity contribution < 1.29 is 0 Å². The fourth-order valence-electron chi connectivity index (χ4n) is 1.45. The summed E-state index contributed by atoms with van der Waals surface area (Å²) in [5.41, 5.74) is 2.01. The predicted octanol–water partition coefficient (Wildman–Crippen LogP) is 3.50. The van der Waals surface area contributed by atoms with Gasteiger partial charge in [-0.25, -0.2) is 4.98 Å². The molecule has 2 aromatic rings. The number of rotatable bonds is 3. The molecule has 0 saturated carbocycles. The molecule has 0 aliphatic heterocycles. The summed E-state index contributed by atoms with van der Waals surface area (Å²) in [6.07, 6.45) is 5.20. The molecule has 0 radical (unpaired) electrons. The molecular formula is C11H10Cl2N2. The maximum absolute atomic E-state index is 6.06. The summed E-state index contributed by atoms with van der Waals surface area (Å²) in [4.78, 5) is 7.07. The summed E-state index contributed by atoms with van der Waals surface area (Å²) in [5, 5.41) is 1.44. The van der Waals surface area contributed by atoms with Gasteiger partial charge in [0, 0.05) is 16.2 Å². The van der Waals surface area contributed by atoms with E-state index in [0.717, 1.165) is 34.1 Å². The van der Waals surface area contributed by atoms with Crippen LogP contribution in [-0.4, -0.2) is 9.97 Å². The third kappa shape index (κ3) is 2.52. The number of imidazole rings is 1. The molecule has 2 rings (SSSR count). The van der Waals surface area contributed by atoms with Crippen LogP contribution >= 0.6 is 23.2 Å². The quantitative estimate of drug-likeness (QED) is 0.875. The second-order valence-electron chi connectivity index (χ2n) is 3.26. The molecule has 0 bridgehead atoms. The van der Waals surface area contributed by atoms with Crippen molar-refractivity contribution in [1.82, 2.24) is 9.97 Å². The zero-order chi connectivity index (χ0) is 10.7. The Morgan fingerprint density at radius 3 is 2.47 bits per heavy atom. The lowest BCUT2D eigenvalue weighted by atomic mass is 10.1. The van der Waals surface area contributed by atoms with Gasteiger partial charge in [0.1, 0.15) is 0 Å². The molecular weight excluding hydrogens is 231 g/mol. The van der Waals surface area contributed by atoms with Crippen molar-refractivity contribution in [2.24, 2.45) is 0 Å². The Kier molecular flexibility index (Phi) is 3.29. The van der Waals surface area contributed by atoms with Crippen LogP contribution in [0.5, 0.6) is 0 Å². The maximum Gasteiger partial charge on any atom is 0.0923 e. The van der Waals surface area contributed by atoms with E-state index in [1.54, 1.807) is 6.33 Å². The van der Waals surface area contributed by atoms with Crippen LogP contribution in [0.15, 0.2) is 30.7 Å². The summed E-state index contributed by atoms with van der Waals surface area (Å²) in [6.45, 7) is 0. The van der Waals surface area contributed by atoms with Crippen molar-refractivity contribution in [3.8, 4) is 0 Å². The molecule has 0 saturated heterocycles. The highest BCUT2D eigenvalue weighted by Crippen LogP contribution is 2.25. The molecule has 1 aromatic heterocycles. The van der Waals surface area contributed by atoms with Gasteiger partial charge in [-0.05, 0) is 30.5 Å². The number of nitrogens with one attached hydrogen (secondary N) is 1. The van der Waals surface area contributed by atoms with E-state index >= 15 is 0 Å². The van der Waals surface area contributed by atoms with Crippen LogP contribution in [0.1, 0.15) is 11.3 Å². The van der Waals surface area contributed by atoms with Crippen LogP contribution in [0.3, 0.4) is 0 Å². The van der Waals surface area contributed by atoms with Crippen LogP contribution in [0.4, 0.5) is 0 Å². The van der Waals surface area contributed by atoms with E-state index in [0.29, 0.717) is 0 Å². The third-order valence-corrected chi connectivity index (χ3v) is 2.96. The Bertz CT molecular complexity index is 418. The first-order chi connectivity index (χ1) is 7.27. The van der Waals surface area contributed by atoms with Crippen molar-refractivity contribution >= 4 is 23.2 Å². The van der Waals surface area contributed by atoms with Crippen molar-refractivity contribution in [3.05, 3.63) is 52.0 Å². The summed E-state index contributed by atoms with van der Waals surface area (Å²) in [5.74, 6) is 0. The monoisotopic (exact) mass is 240 g/mol. The molecule has 4 heteroatoms. The minimum absolute atomic E-state index is 0.720. The van der Waals surface area contributed by atoms with Gasteiger partial charge in [-0.2, -0.15) is 0 Å². The maximum atomic E-state index is 6.06. The highest BCUT2D eigenvalue weighted by Gasteiger charge is 2.05. The number of aromatic nitrogens is 2. The van der Waals surface area contributed by atoms with Gasteiger partial charge < -0.3 is 4.98 Å². The fraction of sp³-hybridized carbons (Fsp3) is 0.182. The minimum atomic E-state index is 0.720. The minimum Gasteiger partial charge on any atom is -0.351 e. The first-order valence-electron chi connectivity index (χ1n) is 4.68. The normalized spacial score (nSPS) is 10.5. The number of aromatic amines is 1. The molecule has 0 fully saturated rings. The van der Waals surface area contributed by atoms with Crippen LogP contribution in [0.2, 0.25) is 10.0 Å². The van der Waals surface area contributed by atoms with Crippen LogP contribution in [-0.2, 0) is 12.8 Å². The molecule has 0 atom stereocenters. The second-order valence-corrected chi connectivity index (χ2v) is 4.08. The van der Waals surface area contributed by atoms with Gasteiger partial charge in [-0.15, -0.1) is 0 Å². The highest BCUT2D eigenvalue weighted by atomic mass is 35.5. The standard InChI is InChI=1S/C11H10Cl2N2/c12-10-2-1-3-11(13)9(10)5-4-8-6-14-7-15-8/h1-3,6-7H,4-5H2,(H,14,15). The van der Waals surface area contributed by atoms with Crippen LogP contribution < -0.4 is 0 Å². The summed E-state index contributed by atoms with van der Waals surface area (Å²) < 4.78 is 0. The van der Waals surface area contributed by atoms with Crippen molar-refractivity contribution in [2.45, 2.75) is 12.8 Å². The van der Waals surface area contributed by atoms with E-state index in [2.05, 4.69) is 9.97 Å². The summed E-state index contributed by atoms with van der Waals surface area (Å²) in [6, 6.07) is 5.56. The van der Waals surface area contributed by atoms with E-state index in [1.165, 1.54) is 0 Å². The van der Waals surface area contributed by atoms with E-state index in [1.807, 2.05) is 24.4 Å². The SMILES string of the molecule is Clc1cccc(Cl)c1CCc1c[nH]cn1. The Morgan fingerprint density at radius 1 is 1.13 bits per heavy atom. The number of halogens is 2. The molecule has 0 spiro atoms. The molecule has 0 amide bonds. The number of nitrogens with zero attached hydrogens (tertiary/aromatic N) is 1. The van der Waals surface area contributed by atoms with Gasteiger partial charge in [-0.3, -0.25) is 0 Å². The molecule has 2 nitrogen and oxygen atoms in total. The zero-order valence-corrected chi connectivity index (χ0v) is 9.52. The molecule has 1 aromatic carbocycles. The molecule has 0 aliphatic rings. The lowest BCUT2D eigenvalue weighted by Crippen LogP contribution is -1.93. The first-order valence-corrected chi connectivity index (χ1v) is 5.43. The van der Waals surface area contributed by atoms with Crippen molar-refractivity contribution in [3.63, 3.8) is 0 Å². The number of aryl methyl sites for hydroxylation is 1. The molecule has 78 valence electrons. The molecule has 0 aliphatic carbocycles. The third-order valence-electron chi connectivity index (χ3n) is 2.25. The number of hydrogen-bond donors (Lipinski definition) is 1. The molecule has 15 heavy (non-hydrogen) atoms. The lowest BCUT2D eigenvalue weighted by molar-refractivity contribution is 0.926. The largest absolute Gasteiger partial charge is 0.351 e. The lowest BCUT2D eigenvalue weighted by Gasteiger charge is -2.04. The molecule has 1 heterocycles.